The fourth-order valence-corrected chi connectivity index (χ4v) is 6.47. The molecule has 2 amide bonds. The molecule has 2 N–H and O–H groups in total. The van der Waals surface area contributed by atoms with Crippen molar-refractivity contribution in [2.75, 3.05) is 59.8 Å². The number of aliphatic carboxylic acids is 1. The molecule has 0 bridgehead atoms. The number of hydrogen-bond acceptors (Lipinski definition) is 8. The second-order valence-corrected chi connectivity index (χ2v) is 12.2. The number of nitrogens with zero attached hydrogens (tertiary/aromatic N) is 3. The van der Waals surface area contributed by atoms with Crippen molar-refractivity contribution in [3.05, 3.63) is 17.7 Å². The Balaban J connectivity index is 1.62. The predicted molar refractivity (Wildman–Crippen MR) is 151 cm³/mol. The molecule has 3 heterocycles. The minimum absolute atomic E-state index is 0.00242. The molecule has 41 heavy (non-hydrogen) atoms. The number of fused-ring (bicyclic) bond motifs is 1. The Kier molecular flexibility index (Phi) is 10.0. The molecule has 0 aromatic heterocycles. The van der Waals surface area contributed by atoms with Gasteiger partial charge in [0.15, 0.2) is 11.5 Å². The third-order valence-electron chi connectivity index (χ3n) is 8.50. The van der Waals surface area contributed by atoms with Gasteiger partial charge in [-0.2, -0.15) is 0 Å². The van der Waals surface area contributed by atoms with Gasteiger partial charge in [0.25, 0.3) is 0 Å². The minimum Gasteiger partial charge on any atom is -0.493 e. The van der Waals surface area contributed by atoms with Gasteiger partial charge in [0.2, 0.25) is 24.4 Å². The van der Waals surface area contributed by atoms with E-state index < -0.39 is 23.8 Å². The Labute approximate surface area is 242 Å². The number of carbonyl (C=O) groups is 3. The summed E-state index contributed by atoms with van der Waals surface area (Å²) in [5, 5.41) is 19.9. The summed E-state index contributed by atoms with van der Waals surface area (Å²) in [6.07, 6.45) is 3.19. The predicted octanol–water partition coefficient (Wildman–Crippen LogP) is 2.55. The van der Waals surface area contributed by atoms with Crippen molar-refractivity contribution in [2.45, 2.75) is 64.8 Å². The van der Waals surface area contributed by atoms with E-state index in [0.29, 0.717) is 69.2 Å². The van der Waals surface area contributed by atoms with Crippen molar-refractivity contribution in [3.8, 4) is 17.2 Å². The van der Waals surface area contributed by atoms with E-state index >= 15 is 0 Å². The summed E-state index contributed by atoms with van der Waals surface area (Å²) in [5.74, 6) is -0.698. The van der Waals surface area contributed by atoms with E-state index in [-0.39, 0.29) is 37.2 Å². The minimum atomic E-state index is -0.942. The molecule has 11 nitrogen and oxygen atoms in total. The summed E-state index contributed by atoms with van der Waals surface area (Å²) in [6, 6.07) is 3.16. The highest BCUT2D eigenvalue weighted by molar-refractivity contribution is 5.80. The number of likely N-dealkylation sites (tertiary alicyclic amines) is 2. The number of aliphatic hydroxyl groups excluding tert-OH is 1. The van der Waals surface area contributed by atoms with E-state index in [1.54, 1.807) is 11.0 Å². The lowest BCUT2D eigenvalue weighted by atomic mass is 9.84. The van der Waals surface area contributed by atoms with Crippen molar-refractivity contribution in [1.82, 2.24) is 14.7 Å². The summed E-state index contributed by atoms with van der Waals surface area (Å²) < 4.78 is 16.7. The molecule has 3 atom stereocenters. The molecule has 2 fully saturated rings. The summed E-state index contributed by atoms with van der Waals surface area (Å²) in [6.45, 7) is 8.79. The van der Waals surface area contributed by atoms with Crippen LogP contribution in [0, 0.1) is 11.3 Å². The largest absolute Gasteiger partial charge is 0.493 e. The van der Waals surface area contributed by atoms with Gasteiger partial charge in [-0.15, -0.1) is 0 Å². The first-order valence-corrected chi connectivity index (χ1v) is 14.7. The third kappa shape index (κ3) is 7.06. The molecule has 0 spiro atoms. The molecule has 1 unspecified atom stereocenters. The monoisotopic (exact) mass is 575 g/mol. The van der Waals surface area contributed by atoms with Crippen molar-refractivity contribution in [2.24, 2.45) is 11.3 Å². The van der Waals surface area contributed by atoms with Gasteiger partial charge in [-0.05, 0) is 42.4 Å². The summed E-state index contributed by atoms with van der Waals surface area (Å²) in [5.41, 5.74) is 0.632. The second-order valence-electron chi connectivity index (χ2n) is 12.2. The molecule has 1 aromatic carbocycles. The summed E-state index contributed by atoms with van der Waals surface area (Å²) >= 11 is 0. The first-order valence-electron chi connectivity index (χ1n) is 14.7. The Morgan fingerprint density at radius 2 is 1.95 bits per heavy atom. The van der Waals surface area contributed by atoms with Gasteiger partial charge in [0.05, 0.1) is 19.6 Å². The van der Waals surface area contributed by atoms with Crippen LogP contribution in [0.2, 0.25) is 0 Å². The Morgan fingerprint density at radius 1 is 1.20 bits per heavy atom. The van der Waals surface area contributed by atoms with E-state index in [0.717, 1.165) is 18.4 Å². The highest BCUT2D eigenvalue weighted by Gasteiger charge is 2.48. The molecule has 3 aliphatic rings. The molecule has 0 saturated carbocycles. The number of rotatable bonds is 14. The van der Waals surface area contributed by atoms with Gasteiger partial charge in [0.1, 0.15) is 0 Å². The topological polar surface area (TPSA) is 129 Å². The number of carbonyl (C=O) groups excluding carboxylic acids is 2. The second kappa shape index (κ2) is 13.3. The van der Waals surface area contributed by atoms with Gasteiger partial charge in [-0.3, -0.25) is 19.3 Å². The Bertz CT molecular complexity index is 1100. The smallest absolute Gasteiger partial charge is 0.308 e. The van der Waals surface area contributed by atoms with E-state index in [4.69, 9.17) is 14.2 Å². The average Bonchev–Trinajstić information content (AvgIpc) is 3.61. The first-order chi connectivity index (χ1) is 19.6. The van der Waals surface area contributed by atoms with E-state index in [1.807, 2.05) is 15.9 Å². The van der Waals surface area contributed by atoms with Crippen LogP contribution in [0.15, 0.2) is 12.1 Å². The lowest BCUT2D eigenvalue weighted by Gasteiger charge is -2.31. The third-order valence-corrected chi connectivity index (χ3v) is 8.50. The number of amides is 2. The van der Waals surface area contributed by atoms with Crippen LogP contribution < -0.4 is 14.2 Å². The van der Waals surface area contributed by atoms with Crippen LogP contribution in [0.1, 0.15) is 64.4 Å². The van der Waals surface area contributed by atoms with E-state index in [9.17, 15) is 24.6 Å². The van der Waals surface area contributed by atoms with Gasteiger partial charge in [-0.1, -0.05) is 27.2 Å². The standard InChI is InChI=1S/C30H45N3O8/c1-5-6-9-31(10-7-12-34)26(36)17-33-16-21(20-13-23(39-4)28-24(14-20)40-19-41-28)27(29(37)38)22(33)8-11-32-18-30(2,3)15-25(32)35/h13-14,21-22,27,34H,5-12,15-19H2,1-4H3,(H,37,38)/t21-,22+,27?/m1/s1. The van der Waals surface area contributed by atoms with Crippen LogP contribution in [-0.2, 0) is 14.4 Å². The molecule has 4 rings (SSSR count). The number of carboxylic acids is 1. The molecule has 2 saturated heterocycles. The maximum absolute atomic E-state index is 13.6. The molecule has 0 aliphatic carbocycles. The molecule has 0 radical (unpaired) electrons. The zero-order valence-electron chi connectivity index (χ0n) is 24.8. The molecular formula is C30H45N3O8. The fourth-order valence-electron chi connectivity index (χ4n) is 6.47. The van der Waals surface area contributed by atoms with E-state index in [2.05, 4.69) is 20.8 Å². The number of methoxy groups -OCH3 is 1. The maximum atomic E-state index is 13.6. The van der Waals surface area contributed by atoms with Crippen molar-refractivity contribution < 1.29 is 38.8 Å². The number of aliphatic hydroxyl groups is 1. The quantitative estimate of drug-likeness (QED) is 0.344. The first kappa shape index (κ1) is 30.9. The molecule has 11 heteroatoms. The zero-order chi connectivity index (χ0) is 29.7. The number of ether oxygens (including phenoxy) is 3. The van der Waals surface area contributed by atoms with Crippen molar-refractivity contribution in [1.29, 1.82) is 0 Å². The number of unbranched alkanes of at least 4 members (excludes halogenated alkanes) is 1. The normalized spacial score (nSPS) is 23.3. The number of benzene rings is 1. The average molecular weight is 576 g/mol. The summed E-state index contributed by atoms with van der Waals surface area (Å²) in [4.78, 5) is 44.7. The van der Waals surface area contributed by atoms with Gasteiger partial charge in [-0.25, -0.2) is 0 Å². The van der Waals surface area contributed by atoms with Crippen molar-refractivity contribution >= 4 is 17.8 Å². The maximum Gasteiger partial charge on any atom is 0.308 e. The SMILES string of the molecule is CCCCN(CCCO)C(=O)CN1C[C@H](c2cc(OC)c3c(c2)OCO3)C(C(=O)O)[C@@H]1CCN1CC(C)(C)CC1=O. The molecule has 3 aliphatic heterocycles. The highest BCUT2D eigenvalue weighted by atomic mass is 16.7. The van der Waals surface area contributed by atoms with Gasteiger partial charge < -0.3 is 34.2 Å². The fraction of sp³-hybridized carbons (Fsp3) is 0.700. The van der Waals surface area contributed by atoms with Crippen LogP contribution in [0.3, 0.4) is 0 Å². The zero-order valence-corrected chi connectivity index (χ0v) is 24.8. The lowest BCUT2D eigenvalue weighted by molar-refractivity contribution is -0.144. The van der Waals surface area contributed by atoms with Gasteiger partial charge in [0, 0.05) is 57.7 Å². The Hall–Kier alpha value is -3.05. The number of hydrogen-bond donors (Lipinski definition) is 2. The van der Waals surface area contributed by atoms with E-state index in [1.165, 1.54) is 7.11 Å². The van der Waals surface area contributed by atoms with Crippen LogP contribution in [0.5, 0.6) is 17.2 Å². The lowest BCUT2D eigenvalue weighted by Crippen LogP contribution is -2.46. The molecule has 1 aromatic rings. The molecule has 228 valence electrons. The Morgan fingerprint density at radius 3 is 2.59 bits per heavy atom. The van der Waals surface area contributed by atoms with Crippen LogP contribution >= 0.6 is 0 Å². The van der Waals surface area contributed by atoms with Crippen LogP contribution in [-0.4, -0.2) is 109 Å². The summed E-state index contributed by atoms with van der Waals surface area (Å²) in [7, 11) is 1.53. The highest BCUT2D eigenvalue weighted by Crippen LogP contribution is 2.47. The van der Waals surface area contributed by atoms with Crippen LogP contribution in [0.25, 0.3) is 0 Å². The number of carboxylic acid groups (broad SMARTS) is 1. The molecular weight excluding hydrogens is 530 g/mol. The van der Waals surface area contributed by atoms with Gasteiger partial charge >= 0.3 is 5.97 Å². The van der Waals surface area contributed by atoms with Crippen LogP contribution in [0.4, 0.5) is 0 Å². The van der Waals surface area contributed by atoms with Crippen molar-refractivity contribution in [3.63, 3.8) is 0 Å².